The number of hydrogen-bond acceptors (Lipinski definition) is 3. The third kappa shape index (κ3) is 3.25. The van der Waals surface area contributed by atoms with Crippen LogP contribution in [0.25, 0.3) is 0 Å². The summed E-state index contributed by atoms with van der Waals surface area (Å²) in [6, 6.07) is 0. The van der Waals surface area contributed by atoms with Crippen LogP contribution in [0.15, 0.2) is 11.6 Å². The Morgan fingerprint density at radius 2 is 2.18 bits per heavy atom. The molecule has 2 aliphatic rings. The molecule has 0 unspecified atom stereocenters. The normalized spacial score (nSPS) is 22.1. The molecular weight excluding hydrogens is 236 g/mol. The molecule has 1 saturated heterocycles. The predicted octanol–water partition coefficient (Wildman–Crippen LogP) is 1.29. The molecule has 0 aliphatic carbocycles. The third-order valence-electron chi connectivity index (χ3n) is 3.31. The minimum absolute atomic E-state index is 0.0243. The van der Waals surface area contributed by atoms with Crippen molar-refractivity contribution in [1.29, 1.82) is 0 Å². The van der Waals surface area contributed by atoms with Gasteiger partial charge < -0.3 is 9.80 Å². The molecule has 2 amide bonds. The molecule has 94 valence electrons. The first kappa shape index (κ1) is 12.5. The quantitative estimate of drug-likeness (QED) is 0.745. The van der Waals surface area contributed by atoms with E-state index in [0.29, 0.717) is 11.7 Å². The second kappa shape index (κ2) is 5.58. The molecule has 0 atom stereocenters. The smallest absolute Gasteiger partial charge is 0.242 e. The van der Waals surface area contributed by atoms with Crippen LogP contribution < -0.4 is 0 Å². The van der Waals surface area contributed by atoms with Crippen LogP contribution in [0.5, 0.6) is 0 Å². The molecule has 2 aliphatic heterocycles. The molecule has 2 heterocycles. The van der Waals surface area contributed by atoms with E-state index in [1.165, 1.54) is 16.7 Å². The number of rotatable bonds is 2. The lowest BCUT2D eigenvalue weighted by Gasteiger charge is -2.32. The average Bonchev–Trinajstić information content (AvgIpc) is 2.33. The standard InChI is InChI=1S/C12H18N2O2S/c1-10-2-4-13(5-3-10)11(15)8-14-6-7-17-9-12(14)16/h6-7,10H,2-5,8-9H2,1H3. The van der Waals surface area contributed by atoms with Gasteiger partial charge in [0.2, 0.25) is 11.8 Å². The molecule has 17 heavy (non-hydrogen) atoms. The first-order valence-corrected chi connectivity index (χ1v) is 7.07. The summed E-state index contributed by atoms with van der Waals surface area (Å²) in [4.78, 5) is 27.0. The zero-order valence-electron chi connectivity index (χ0n) is 10.1. The number of carbonyl (C=O) groups excluding carboxylic acids is 2. The summed E-state index contributed by atoms with van der Waals surface area (Å²) in [6.07, 6.45) is 3.86. The molecule has 0 spiro atoms. The number of amides is 2. The van der Waals surface area contributed by atoms with Crippen LogP contribution in [-0.2, 0) is 9.59 Å². The molecule has 5 heteroatoms. The molecule has 0 aromatic rings. The van der Waals surface area contributed by atoms with Gasteiger partial charge in [0.15, 0.2) is 0 Å². The van der Waals surface area contributed by atoms with Gasteiger partial charge in [-0.2, -0.15) is 0 Å². The lowest BCUT2D eigenvalue weighted by molar-refractivity contribution is -0.138. The van der Waals surface area contributed by atoms with Gasteiger partial charge in [-0.1, -0.05) is 6.92 Å². The van der Waals surface area contributed by atoms with Crippen molar-refractivity contribution in [1.82, 2.24) is 9.80 Å². The Bertz CT molecular complexity index is 335. The van der Waals surface area contributed by atoms with Crippen LogP contribution in [0.4, 0.5) is 0 Å². The summed E-state index contributed by atoms with van der Waals surface area (Å²) < 4.78 is 0. The van der Waals surface area contributed by atoms with E-state index >= 15 is 0 Å². The monoisotopic (exact) mass is 254 g/mol. The number of likely N-dealkylation sites (tertiary alicyclic amines) is 1. The van der Waals surface area contributed by atoms with Crippen molar-refractivity contribution in [3.05, 3.63) is 11.6 Å². The maximum absolute atomic E-state index is 12.0. The van der Waals surface area contributed by atoms with Crippen LogP contribution in [0.1, 0.15) is 19.8 Å². The minimum Gasteiger partial charge on any atom is -0.341 e. The molecule has 0 radical (unpaired) electrons. The Hall–Kier alpha value is -0.970. The molecule has 0 N–H and O–H groups in total. The van der Waals surface area contributed by atoms with Crippen molar-refractivity contribution in [2.75, 3.05) is 25.4 Å². The van der Waals surface area contributed by atoms with Crippen LogP contribution in [0, 0.1) is 5.92 Å². The van der Waals surface area contributed by atoms with Gasteiger partial charge in [0, 0.05) is 19.3 Å². The average molecular weight is 254 g/mol. The topological polar surface area (TPSA) is 40.6 Å². The van der Waals surface area contributed by atoms with E-state index in [2.05, 4.69) is 6.92 Å². The molecule has 2 rings (SSSR count). The number of nitrogens with zero attached hydrogens (tertiary/aromatic N) is 2. The van der Waals surface area contributed by atoms with E-state index in [1.54, 1.807) is 6.20 Å². The van der Waals surface area contributed by atoms with Crippen LogP contribution in [-0.4, -0.2) is 47.0 Å². The molecule has 0 aromatic heterocycles. The Balaban J connectivity index is 1.86. The highest BCUT2D eigenvalue weighted by Crippen LogP contribution is 2.17. The fraction of sp³-hybridized carbons (Fsp3) is 0.667. The van der Waals surface area contributed by atoms with Crippen molar-refractivity contribution < 1.29 is 9.59 Å². The van der Waals surface area contributed by atoms with Gasteiger partial charge in [0.05, 0.1) is 5.75 Å². The molecule has 0 saturated carbocycles. The van der Waals surface area contributed by atoms with Gasteiger partial charge >= 0.3 is 0 Å². The van der Waals surface area contributed by atoms with Crippen LogP contribution in [0.2, 0.25) is 0 Å². The first-order valence-electron chi connectivity index (χ1n) is 6.02. The number of carbonyl (C=O) groups is 2. The summed E-state index contributed by atoms with van der Waals surface area (Å²) in [5.74, 6) is 1.26. The Morgan fingerprint density at radius 3 is 2.82 bits per heavy atom. The van der Waals surface area contributed by atoms with E-state index in [-0.39, 0.29) is 18.4 Å². The lowest BCUT2D eigenvalue weighted by atomic mass is 9.99. The second-order valence-corrected chi connectivity index (χ2v) is 5.58. The molecular formula is C12H18N2O2S. The summed E-state index contributed by atoms with van der Waals surface area (Å²) in [5, 5.41) is 1.87. The van der Waals surface area contributed by atoms with Crippen molar-refractivity contribution in [2.24, 2.45) is 5.92 Å². The fourth-order valence-corrected chi connectivity index (χ4v) is 2.68. The Kier molecular flexibility index (Phi) is 4.10. The Labute approximate surface area is 106 Å². The van der Waals surface area contributed by atoms with E-state index < -0.39 is 0 Å². The first-order chi connectivity index (χ1) is 8.16. The van der Waals surface area contributed by atoms with Gasteiger partial charge in [-0.15, -0.1) is 11.8 Å². The van der Waals surface area contributed by atoms with Crippen molar-refractivity contribution in [3.8, 4) is 0 Å². The summed E-state index contributed by atoms with van der Waals surface area (Å²) >= 11 is 1.47. The van der Waals surface area contributed by atoms with E-state index in [4.69, 9.17) is 0 Å². The zero-order chi connectivity index (χ0) is 12.3. The molecule has 0 bridgehead atoms. The van der Waals surface area contributed by atoms with Crippen molar-refractivity contribution in [3.63, 3.8) is 0 Å². The van der Waals surface area contributed by atoms with Crippen LogP contribution >= 0.6 is 11.8 Å². The summed E-state index contributed by atoms with van der Waals surface area (Å²) in [7, 11) is 0. The second-order valence-electron chi connectivity index (χ2n) is 4.68. The summed E-state index contributed by atoms with van der Waals surface area (Å²) in [6.45, 7) is 4.08. The number of piperidine rings is 1. The highest BCUT2D eigenvalue weighted by atomic mass is 32.2. The van der Waals surface area contributed by atoms with Gasteiger partial charge in [-0.05, 0) is 24.2 Å². The maximum Gasteiger partial charge on any atom is 0.242 e. The zero-order valence-corrected chi connectivity index (χ0v) is 10.9. The molecule has 1 fully saturated rings. The van der Waals surface area contributed by atoms with Gasteiger partial charge in [-0.25, -0.2) is 0 Å². The van der Waals surface area contributed by atoms with Gasteiger partial charge in [0.25, 0.3) is 0 Å². The van der Waals surface area contributed by atoms with Gasteiger partial charge in [0.1, 0.15) is 6.54 Å². The van der Waals surface area contributed by atoms with Gasteiger partial charge in [-0.3, -0.25) is 9.59 Å². The SMILES string of the molecule is CC1CCN(C(=O)CN2C=CSCC2=O)CC1. The number of thioether (sulfide) groups is 1. The Morgan fingerprint density at radius 1 is 1.47 bits per heavy atom. The van der Waals surface area contributed by atoms with E-state index in [9.17, 15) is 9.59 Å². The van der Waals surface area contributed by atoms with Crippen molar-refractivity contribution >= 4 is 23.6 Å². The molecule has 0 aromatic carbocycles. The highest BCUT2D eigenvalue weighted by molar-refractivity contribution is 8.02. The largest absolute Gasteiger partial charge is 0.341 e. The number of hydrogen-bond donors (Lipinski definition) is 0. The maximum atomic E-state index is 12.0. The minimum atomic E-state index is 0.0243. The van der Waals surface area contributed by atoms with Crippen LogP contribution in [0.3, 0.4) is 0 Å². The fourth-order valence-electron chi connectivity index (χ4n) is 2.05. The predicted molar refractivity (Wildman–Crippen MR) is 68.3 cm³/mol. The van der Waals surface area contributed by atoms with E-state index in [1.807, 2.05) is 10.3 Å². The lowest BCUT2D eigenvalue weighted by Crippen LogP contribution is -2.44. The summed E-state index contributed by atoms with van der Waals surface area (Å²) in [5.41, 5.74) is 0. The van der Waals surface area contributed by atoms with Crippen molar-refractivity contribution in [2.45, 2.75) is 19.8 Å². The third-order valence-corrected chi connectivity index (χ3v) is 4.03. The highest BCUT2D eigenvalue weighted by Gasteiger charge is 2.24. The molecule has 4 nitrogen and oxygen atoms in total. The van der Waals surface area contributed by atoms with E-state index in [0.717, 1.165) is 25.9 Å².